The Hall–Kier alpha value is -1.91. The van der Waals surface area contributed by atoms with Crippen molar-refractivity contribution >= 4 is 12.0 Å². The second-order valence-electron chi connectivity index (χ2n) is 5.58. The summed E-state index contributed by atoms with van der Waals surface area (Å²) in [5.41, 5.74) is -0.719. The van der Waals surface area contributed by atoms with E-state index in [1.165, 1.54) is 0 Å². The number of carbonyl (C=O) groups excluding carboxylic acids is 2. The summed E-state index contributed by atoms with van der Waals surface area (Å²) >= 11 is 0. The average molecular weight is 289 g/mol. The highest BCUT2D eigenvalue weighted by atomic mass is 19.3. The maximum Gasteiger partial charge on any atom is 0.408 e. The number of alkyl carbamates (subject to hydrolysis) is 1. The first-order chi connectivity index (χ1) is 9.04. The zero-order valence-corrected chi connectivity index (χ0v) is 11.6. The fraction of sp³-hybridized carbons (Fsp3) is 0.750. The monoisotopic (exact) mass is 289 g/mol. The van der Waals surface area contributed by atoms with Crippen molar-refractivity contribution in [3.05, 3.63) is 0 Å². The van der Waals surface area contributed by atoms with Gasteiger partial charge >= 0.3 is 6.09 Å². The van der Waals surface area contributed by atoms with E-state index in [0.717, 1.165) is 4.90 Å². The maximum absolute atomic E-state index is 13.2. The molecule has 0 bridgehead atoms. The lowest BCUT2D eigenvalue weighted by Gasteiger charge is -2.21. The van der Waals surface area contributed by atoms with Crippen LogP contribution in [0.4, 0.5) is 13.6 Å². The second kappa shape index (κ2) is 5.61. The Balaban J connectivity index is 2.51. The molecular weight excluding hydrogens is 272 g/mol. The molecule has 0 aromatic heterocycles. The van der Waals surface area contributed by atoms with Crippen LogP contribution < -0.4 is 5.32 Å². The molecule has 6 nitrogen and oxygen atoms in total. The van der Waals surface area contributed by atoms with Gasteiger partial charge in [0.25, 0.3) is 5.92 Å². The first kappa shape index (κ1) is 16.1. The summed E-state index contributed by atoms with van der Waals surface area (Å²) in [6.45, 7) is 3.67. The molecule has 1 rings (SSSR count). The van der Waals surface area contributed by atoms with Crippen molar-refractivity contribution in [3.8, 4) is 6.07 Å². The summed E-state index contributed by atoms with van der Waals surface area (Å²) in [7, 11) is 0. The number of likely N-dealkylation sites (tertiary alicyclic amines) is 1. The third-order valence-electron chi connectivity index (χ3n) is 2.52. The van der Waals surface area contributed by atoms with Crippen LogP contribution in [0.2, 0.25) is 0 Å². The minimum absolute atomic E-state index is 0.483. The summed E-state index contributed by atoms with van der Waals surface area (Å²) in [6.07, 6.45) is -1.49. The summed E-state index contributed by atoms with van der Waals surface area (Å²) in [4.78, 5) is 23.9. The minimum Gasteiger partial charge on any atom is -0.444 e. The number of nitrogens with zero attached hydrogens (tertiary/aromatic N) is 2. The van der Waals surface area contributed by atoms with Crippen LogP contribution in [0, 0.1) is 11.3 Å². The van der Waals surface area contributed by atoms with Crippen molar-refractivity contribution in [2.75, 3.05) is 13.1 Å². The number of hydrogen-bond acceptors (Lipinski definition) is 4. The predicted octanol–water partition coefficient (Wildman–Crippen LogP) is 1.27. The Morgan fingerprint density at radius 3 is 2.60 bits per heavy atom. The normalized spacial score (nSPS) is 21.2. The van der Waals surface area contributed by atoms with Gasteiger partial charge in [0.05, 0.1) is 12.6 Å². The zero-order chi connectivity index (χ0) is 15.6. The molecule has 20 heavy (non-hydrogen) atoms. The van der Waals surface area contributed by atoms with Gasteiger partial charge in [0.2, 0.25) is 5.91 Å². The van der Waals surface area contributed by atoms with Gasteiger partial charge in [-0.15, -0.1) is 0 Å². The quantitative estimate of drug-likeness (QED) is 0.830. The molecule has 0 saturated carbocycles. The molecule has 112 valence electrons. The molecule has 1 N–H and O–H groups in total. The van der Waals surface area contributed by atoms with Crippen molar-refractivity contribution in [1.29, 1.82) is 5.26 Å². The van der Waals surface area contributed by atoms with Crippen molar-refractivity contribution in [2.24, 2.45) is 0 Å². The minimum atomic E-state index is -3.07. The Kier molecular flexibility index (Phi) is 4.53. The van der Waals surface area contributed by atoms with Gasteiger partial charge in [-0.05, 0) is 20.8 Å². The SMILES string of the molecule is CC(C)(C)OC(=O)NCC(=O)N1CC(F)(F)C[C@@H]1C#N. The fourth-order valence-corrected chi connectivity index (χ4v) is 1.76. The molecule has 8 heteroatoms. The summed E-state index contributed by atoms with van der Waals surface area (Å²) in [5.74, 6) is -3.80. The standard InChI is InChI=1S/C12H17F2N3O3/c1-11(2,3)20-10(19)16-6-9(18)17-7-12(13,14)4-8(17)5-15/h8H,4,6-7H2,1-3H3,(H,16,19)/t8-/m1/s1. The molecular formula is C12H17F2N3O3. The van der Waals surface area contributed by atoms with E-state index < -0.39 is 49.1 Å². The Morgan fingerprint density at radius 1 is 1.50 bits per heavy atom. The molecule has 1 saturated heterocycles. The molecule has 1 atom stereocenters. The van der Waals surface area contributed by atoms with Gasteiger partial charge in [-0.2, -0.15) is 5.26 Å². The van der Waals surface area contributed by atoms with E-state index in [2.05, 4.69) is 5.32 Å². The fourth-order valence-electron chi connectivity index (χ4n) is 1.76. The summed E-state index contributed by atoms with van der Waals surface area (Å²) in [6, 6.07) is 0.489. The molecule has 1 aliphatic heterocycles. The molecule has 1 heterocycles. The van der Waals surface area contributed by atoms with Crippen LogP contribution in [-0.4, -0.2) is 47.6 Å². The maximum atomic E-state index is 13.2. The highest BCUT2D eigenvalue weighted by Gasteiger charge is 2.47. The van der Waals surface area contributed by atoms with Gasteiger partial charge in [0.15, 0.2) is 0 Å². The number of hydrogen-bond donors (Lipinski definition) is 1. The van der Waals surface area contributed by atoms with Gasteiger partial charge in [0, 0.05) is 6.42 Å². The molecule has 0 aromatic rings. The van der Waals surface area contributed by atoms with E-state index >= 15 is 0 Å². The van der Waals surface area contributed by atoms with E-state index in [9.17, 15) is 18.4 Å². The van der Waals surface area contributed by atoms with Gasteiger partial charge in [0.1, 0.15) is 18.2 Å². The van der Waals surface area contributed by atoms with Crippen LogP contribution in [0.5, 0.6) is 0 Å². The van der Waals surface area contributed by atoms with Crippen molar-refractivity contribution in [2.45, 2.75) is 44.8 Å². The second-order valence-corrected chi connectivity index (χ2v) is 5.58. The van der Waals surface area contributed by atoms with E-state index in [0.29, 0.717) is 0 Å². The number of nitrogens with one attached hydrogen (secondary N) is 1. The summed E-state index contributed by atoms with van der Waals surface area (Å²) < 4.78 is 31.2. The van der Waals surface area contributed by atoms with Crippen molar-refractivity contribution < 1.29 is 23.1 Å². The smallest absolute Gasteiger partial charge is 0.408 e. The number of rotatable bonds is 2. The molecule has 0 radical (unpaired) electrons. The Labute approximate surface area is 115 Å². The number of nitriles is 1. The third kappa shape index (κ3) is 4.64. The number of ether oxygens (including phenoxy) is 1. The number of carbonyl (C=O) groups is 2. The van der Waals surface area contributed by atoms with Crippen LogP contribution in [0.15, 0.2) is 0 Å². The molecule has 1 fully saturated rings. The van der Waals surface area contributed by atoms with E-state index in [1.54, 1.807) is 26.8 Å². The molecule has 1 aliphatic rings. The van der Waals surface area contributed by atoms with Crippen LogP contribution >= 0.6 is 0 Å². The molecule has 0 spiro atoms. The third-order valence-corrected chi connectivity index (χ3v) is 2.52. The topological polar surface area (TPSA) is 82.4 Å². The Morgan fingerprint density at radius 2 is 2.10 bits per heavy atom. The molecule has 2 amide bonds. The van der Waals surface area contributed by atoms with Gasteiger partial charge < -0.3 is 15.0 Å². The van der Waals surface area contributed by atoms with Gasteiger partial charge in [-0.1, -0.05) is 0 Å². The zero-order valence-electron chi connectivity index (χ0n) is 11.6. The lowest BCUT2D eigenvalue weighted by molar-refractivity contribution is -0.131. The van der Waals surface area contributed by atoms with E-state index in [-0.39, 0.29) is 0 Å². The first-order valence-electron chi connectivity index (χ1n) is 6.08. The van der Waals surface area contributed by atoms with Crippen LogP contribution in [0.3, 0.4) is 0 Å². The van der Waals surface area contributed by atoms with Gasteiger partial charge in [-0.25, -0.2) is 13.6 Å². The largest absolute Gasteiger partial charge is 0.444 e. The number of halogens is 2. The van der Waals surface area contributed by atoms with Crippen LogP contribution in [0.25, 0.3) is 0 Å². The van der Waals surface area contributed by atoms with E-state index in [1.807, 2.05) is 0 Å². The lowest BCUT2D eigenvalue weighted by Crippen LogP contribution is -2.44. The number of amides is 2. The predicted molar refractivity (Wildman–Crippen MR) is 64.9 cm³/mol. The average Bonchev–Trinajstić information content (AvgIpc) is 2.59. The van der Waals surface area contributed by atoms with E-state index in [4.69, 9.17) is 10.00 Å². The highest BCUT2D eigenvalue weighted by molar-refractivity contribution is 5.83. The highest BCUT2D eigenvalue weighted by Crippen LogP contribution is 2.31. The number of alkyl halides is 2. The van der Waals surface area contributed by atoms with Crippen molar-refractivity contribution in [3.63, 3.8) is 0 Å². The molecule has 0 aromatic carbocycles. The molecule has 0 unspecified atom stereocenters. The molecule has 0 aliphatic carbocycles. The summed E-state index contributed by atoms with van der Waals surface area (Å²) in [5, 5.41) is 10.9. The van der Waals surface area contributed by atoms with Crippen LogP contribution in [0.1, 0.15) is 27.2 Å². The van der Waals surface area contributed by atoms with Crippen molar-refractivity contribution in [1.82, 2.24) is 10.2 Å². The van der Waals surface area contributed by atoms with Gasteiger partial charge in [-0.3, -0.25) is 4.79 Å². The Bertz CT molecular complexity index is 440. The van der Waals surface area contributed by atoms with Crippen LogP contribution in [-0.2, 0) is 9.53 Å². The lowest BCUT2D eigenvalue weighted by atomic mass is 10.2. The first-order valence-corrected chi connectivity index (χ1v) is 6.08.